The van der Waals surface area contributed by atoms with Crippen LogP contribution in [0.15, 0.2) is 45.8 Å². The summed E-state index contributed by atoms with van der Waals surface area (Å²) in [6, 6.07) is 4.83. The minimum absolute atomic E-state index is 0.0582. The molecule has 16 heteroatoms. The minimum atomic E-state index is -3.97. The van der Waals surface area contributed by atoms with E-state index in [9.17, 15) is 21.6 Å². The number of methoxy groups -OCH3 is 1. The van der Waals surface area contributed by atoms with Crippen LogP contribution in [0.2, 0.25) is 0 Å². The minimum Gasteiger partial charge on any atom is -0.484 e. The lowest BCUT2D eigenvalue weighted by molar-refractivity contribution is 0.220. The molecule has 0 amide bonds. The van der Waals surface area contributed by atoms with Gasteiger partial charge in [-0.05, 0) is 32.0 Å². The molecule has 0 bridgehead atoms. The van der Waals surface area contributed by atoms with E-state index in [0.717, 1.165) is 17.6 Å². The number of hydrogen-bond donors (Lipinski definition) is 1. The van der Waals surface area contributed by atoms with E-state index >= 15 is 0 Å². The van der Waals surface area contributed by atoms with E-state index in [1.165, 1.54) is 36.2 Å². The zero-order valence-electron chi connectivity index (χ0n) is 20.7. The summed E-state index contributed by atoms with van der Waals surface area (Å²) >= 11 is 1.05. The number of anilines is 1. The molecule has 0 spiro atoms. The van der Waals surface area contributed by atoms with Crippen LogP contribution in [-0.2, 0) is 24.3 Å². The van der Waals surface area contributed by atoms with Crippen molar-refractivity contribution in [3.05, 3.63) is 57.8 Å². The fourth-order valence-corrected chi connectivity index (χ4v) is 6.37. The molecule has 0 aliphatic carbocycles. The second-order valence-electron chi connectivity index (χ2n) is 7.94. The van der Waals surface area contributed by atoms with Crippen LogP contribution in [0.4, 0.5) is 5.69 Å². The summed E-state index contributed by atoms with van der Waals surface area (Å²) in [5.74, 6) is -0.0453. The Bertz CT molecular complexity index is 1780. The molecule has 4 aromatic heterocycles. The van der Waals surface area contributed by atoms with Crippen molar-refractivity contribution in [2.24, 2.45) is 0 Å². The standard InChI is InChI=1S/C22H23N5O8S3/c1-13-22(36-14(2)25-13)38(31,32)26-17-9-16(10-24-20(17)33-3)15-5-6-19-23-11-18(21(28)27(19)12-15)34-7-8-35-37(4,29)30/h5-6,9-12,26H,7-8H2,1-4H3. The number of ether oxygens (including phenoxy) is 2. The normalized spacial score (nSPS) is 12.0. The van der Waals surface area contributed by atoms with E-state index in [-0.39, 0.29) is 34.7 Å². The second-order valence-corrected chi connectivity index (χ2v) is 12.7. The van der Waals surface area contributed by atoms with Crippen LogP contribution in [0.3, 0.4) is 0 Å². The highest BCUT2D eigenvalue weighted by Crippen LogP contribution is 2.32. The van der Waals surface area contributed by atoms with Gasteiger partial charge in [0.05, 0.1) is 30.3 Å². The quantitative estimate of drug-likeness (QED) is 0.215. The summed E-state index contributed by atoms with van der Waals surface area (Å²) in [7, 11) is -6.23. The number of rotatable bonds is 10. The van der Waals surface area contributed by atoms with Gasteiger partial charge in [-0.2, -0.15) is 8.42 Å². The molecular weight excluding hydrogens is 558 g/mol. The van der Waals surface area contributed by atoms with Gasteiger partial charge in [0.2, 0.25) is 11.6 Å². The third-order valence-electron chi connectivity index (χ3n) is 5.04. The Morgan fingerprint density at radius 3 is 2.47 bits per heavy atom. The number of nitrogens with zero attached hydrogens (tertiary/aromatic N) is 4. The fourth-order valence-electron chi connectivity index (χ4n) is 3.47. The average molecular weight is 582 g/mol. The Morgan fingerprint density at radius 2 is 1.82 bits per heavy atom. The summed E-state index contributed by atoms with van der Waals surface area (Å²) in [6.45, 7) is 2.88. The molecule has 0 aliphatic rings. The van der Waals surface area contributed by atoms with Crippen LogP contribution < -0.4 is 19.8 Å². The largest absolute Gasteiger partial charge is 0.484 e. The molecule has 0 aromatic carbocycles. The summed E-state index contributed by atoms with van der Waals surface area (Å²) < 4.78 is 67.3. The number of hydrogen-bond acceptors (Lipinski definition) is 12. The van der Waals surface area contributed by atoms with Crippen molar-refractivity contribution >= 4 is 42.8 Å². The first-order chi connectivity index (χ1) is 17.9. The summed E-state index contributed by atoms with van der Waals surface area (Å²) in [4.78, 5) is 25.5. The predicted molar refractivity (Wildman–Crippen MR) is 140 cm³/mol. The van der Waals surface area contributed by atoms with E-state index < -0.39 is 25.7 Å². The molecule has 0 saturated carbocycles. The van der Waals surface area contributed by atoms with Gasteiger partial charge >= 0.3 is 0 Å². The number of pyridine rings is 2. The molecule has 1 N–H and O–H groups in total. The summed E-state index contributed by atoms with van der Waals surface area (Å²) in [6.07, 6.45) is 5.12. The van der Waals surface area contributed by atoms with Gasteiger partial charge in [-0.3, -0.25) is 18.1 Å². The van der Waals surface area contributed by atoms with Gasteiger partial charge < -0.3 is 9.47 Å². The Hall–Kier alpha value is -3.60. The number of fused-ring (bicyclic) bond motifs is 1. The van der Waals surface area contributed by atoms with Gasteiger partial charge in [-0.1, -0.05) is 0 Å². The van der Waals surface area contributed by atoms with Crippen molar-refractivity contribution in [1.82, 2.24) is 19.4 Å². The Labute approximate surface area is 222 Å². The number of thiazole rings is 1. The van der Waals surface area contributed by atoms with Gasteiger partial charge in [0.25, 0.3) is 25.7 Å². The highest BCUT2D eigenvalue weighted by Gasteiger charge is 2.23. The topological polar surface area (TPSA) is 168 Å². The fraction of sp³-hybridized carbons (Fsp3) is 0.273. The zero-order valence-corrected chi connectivity index (χ0v) is 23.1. The zero-order chi connectivity index (χ0) is 27.7. The van der Waals surface area contributed by atoms with E-state index in [0.29, 0.717) is 27.5 Å². The van der Waals surface area contributed by atoms with E-state index in [1.54, 1.807) is 26.0 Å². The molecular formula is C22H23N5O8S3. The van der Waals surface area contributed by atoms with Crippen molar-refractivity contribution < 1.29 is 30.5 Å². The highest BCUT2D eigenvalue weighted by atomic mass is 32.2. The molecule has 202 valence electrons. The summed E-state index contributed by atoms with van der Waals surface area (Å²) in [5, 5.41) is 0.614. The molecule has 38 heavy (non-hydrogen) atoms. The number of aromatic nitrogens is 4. The first kappa shape index (κ1) is 27.4. The van der Waals surface area contributed by atoms with Gasteiger partial charge in [0, 0.05) is 23.5 Å². The van der Waals surface area contributed by atoms with Gasteiger partial charge in [-0.25, -0.2) is 23.4 Å². The van der Waals surface area contributed by atoms with Crippen molar-refractivity contribution in [2.45, 2.75) is 18.1 Å². The van der Waals surface area contributed by atoms with Crippen molar-refractivity contribution in [2.75, 3.05) is 31.3 Å². The molecule has 0 aliphatic heterocycles. The van der Waals surface area contributed by atoms with Crippen LogP contribution in [0, 0.1) is 13.8 Å². The lowest BCUT2D eigenvalue weighted by Gasteiger charge is -2.13. The lowest BCUT2D eigenvalue weighted by Crippen LogP contribution is -2.20. The molecule has 13 nitrogen and oxygen atoms in total. The van der Waals surface area contributed by atoms with Crippen molar-refractivity contribution in [1.29, 1.82) is 0 Å². The molecule has 0 atom stereocenters. The predicted octanol–water partition coefficient (Wildman–Crippen LogP) is 1.99. The van der Waals surface area contributed by atoms with Gasteiger partial charge in [0.1, 0.15) is 24.5 Å². The van der Waals surface area contributed by atoms with Gasteiger partial charge in [-0.15, -0.1) is 11.3 Å². The Morgan fingerprint density at radius 1 is 1.05 bits per heavy atom. The monoisotopic (exact) mass is 581 g/mol. The number of sulfonamides is 1. The highest BCUT2D eigenvalue weighted by molar-refractivity contribution is 7.94. The summed E-state index contributed by atoms with van der Waals surface area (Å²) in [5.41, 5.74) is 1.29. The van der Waals surface area contributed by atoms with Crippen LogP contribution in [-0.4, -0.2) is 62.8 Å². The third-order valence-corrected chi connectivity index (χ3v) is 8.68. The molecule has 0 fully saturated rings. The molecule has 0 unspecified atom stereocenters. The molecule has 0 radical (unpaired) electrons. The SMILES string of the molecule is COc1ncc(-c2ccc3ncc(OCCOS(C)(=O)=O)c(=O)n3c2)cc1NS(=O)(=O)c1sc(C)nc1C. The van der Waals surface area contributed by atoms with Crippen molar-refractivity contribution in [3.8, 4) is 22.8 Å². The van der Waals surface area contributed by atoms with E-state index in [2.05, 4.69) is 23.9 Å². The molecule has 4 aromatic rings. The maximum atomic E-state index is 13.0. The Balaban J connectivity index is 1.66. The Kier molecular flexibility index (Phi) is 7.68. The first-order valence-electron chi connectivity index (χ1n) is 10.9. The second kappa shape index (κ2) is 10.6. The lowest BCUT2D eigenvalue weighted by atomic mass is 10.1. The van der Waals surface area contributed by atoms with E-state index in [4.69, 9.17) is 9.47 Å². The van der Waals surface area contributed by atoms with Crippen LogP contribution >= 0.6 is 11.3 Å². The molecule has 4 heterocycles. The maximum absolute atomic E-state index is 13.0. The number of aryl methyl sites for hydroxylation is 2. The van der Waals surface area contributed by atoms with Gasteiger partial charge in [0.15, 0.2) is 4.21 Å². The maximum Gasteiger partial charge on any atom is 0.300 e. The third kappa shape index (κ3) is 6.09. The molecule has 0 saturated heterocycles. The smallest absolute Gasteiger partial charge is 0.300 e. The average Bonchev–Trinajstić information content (AvgIpc) is 3.20. The van der Waals surface area contributed by atoms with Crippen LogP contribution in [0.1, 0.15) is 10.7 Å². The first-order valence-corrected chi connectivity index (χ1v) is 15.0. The van der Waals surface area contributed by atoms with Crippen LogP contribution in [0.25, 0.3) is 16.8 Å². The van der Waals surface area contributed by atoms with Crippen molar-refractivity contribution in [3.63, 3.8) is 0 Å². The van der Waals surface area contributed by atoms with E-state index in [1.807, 2.05) is 0 Å². The van der Waals surface area contributed by atoms with Crippen LogP contribution in [0.5, 0.6) is 11.6 Å². The number of nitrogens with one attached hydrogen (secondary N) is 1. The molecule has 4 rings (SSSR count).